The zero-order chi connectivity index (χ0) is 18.1. The fraction of sp³-hybridized carbons (Fsp3) is 0.526. The summed E-state index contributed by atoms with van der Waals surface area (Å²) in [6, 6.07) is 7.24. The van der Waals surface area contributed by atoms with E-state index in [0.29, 0.717) is 39.5 Å². The first-order valence-corrected chi connectivity index (χ1v) is 10.1. The van der Waals surface area contributed by atoms with Crippen molar-refractivity contribution in [3.63, 3.8) is 0 Å². The van der Waals surface area contributed by atoms with E-state index in [1.807, 2.05) is 0 Å². The van der Waals surface area contributed by atoms with Crippen LogP contribution in [0.25, 0.3) is 0 Å². The summed E-state index contributed by atoms with van der Waals surface area (Å²) >= 11 is 0.434. The zero-order valence-electron chi connectivity index (χ0n) is 14.6. The topological polar surface area (TPSA) is 69.7 Å². The molecule has 3 aliphatic rings. The number of amides is 2. The van der Waals surface area contributed by atoms with Crippen molar-refractivity contribution in [2.75, 3.05) is 13.2 Å². The van der Waals surface area contributed by atoms with Crippen LogP contribution in [0.4, 0.5) is 0 Å². The molecule has 1 aromatic carbocycles. The molecule has 2 amide bonds. The van der Waals surface area contributed by atoms with Gasteiger partial charge in [0.15, 0.2) is 5.11 Å². The lowest BCUT2D eigenvalue weighted by Gasteiger charge is -2.44. The summed E-state index contributed by atoms with van der Waals surface area (Å²) in [5.41, 5.74) is 0.863. The molecule has 7 heteroatoms. The molecule has 0 radical (unpaired) electrons. The SMILES string of the molecule is O=S=C(NCN1C(=O)c2ccccc2C1=O)N1CCCC2CCCCC21. The number of likely N-dealkylation sites (tertiary alicyclic amines) is 1. The molecule has 0 aromatic heterocycles. The van der Waals surface area contributed by atoms with Gasteiger partial charge in [-0.05, 0) is 43.7 Å². The highest BCUT2D eigenvalue weighted by atomic mass is 32.1. The summed E-state index contributed by atoms with van der Waals surface area (Å²) < 4.78 is 11.8. The van der Waals surface area contributed by atoms with Gasteiger partial charge in [-0.2, -0.15) is 0 Å². The van der Waals surface area contributed by atoms with Crippen molar-refractivity contribution in [1.82, 2.24) is 15.1 Å². The van der Waals surface area contributed by atoms with Gasteiger partial charge in [0.05, 0.1) is 17.8 Å². The second-order valence-electron chi connectivity index (χ2n) is 7.25. The van der Waals surface area contributed by atoms with Crippen LogP contribution in [0, 0.1) is 5.92 Å². The highest BCUT2D eigenvalue weighted by Crippen LogP contribution is 2.35. The van der Waals surface area contributed by atoms with Gasteiger partial charge >= 0.3 is 0 Å². The molecule has 1 aromatic rings. The number of nitrogens with one attached hydrogen (secondary N) is 1. The minimum Gasteiger partial charge on any atom is -0.269 e. The van der Waals surface area contributed by atoms with E-state index in [9.17, 15) is 13.8 Å². The first-order chi connectivity index (χ1) is 12.7. The van der Waals surface area contributed by atoms with Gasteiger partial charge in [-0.1, -0.05) is 25.0 Å². The van der Waals surface area contributed by atoms with E-state index >= 15 is 0 Å². The van der Waals surface area contributed by atoms with E-state index in [1.54, 1.807) is 24.3 Å². The monoisotopic (exact) mass is 373 g/mol. The van der Waals surface area contributed by atoms with E-state index < -0.39 is 0 Å². The molecular weight excluding hydrogens is 350 g/mol. The lowest BCUT2D eigenvalue weighted by atomic mass is 9.78. The summed E-state index contributed by atoms with van der Waals surface area (Å²) in [7, 11) is 0. The zero-order valence-corrected chi connectivity index (χ0v) is 15.5. The Morgan fingerprint density at radius 2 is 1.69 bits per heavy atom. The molecule has 1 aliphatic carbocycles. The van der Waals surface area contributed by atoms with E-state index in [0.717, 1.165) is 19.4 Å². The van der Waals surface area contributed by atoms with Gasteiger partial charge in [0.2, 0.25) is 0 Å². The van der Waals surface area contributed by atoms with E-state index in [-0.39, 0.29) is 18.5 Å². The molecule has 2 fully saturated rings. The Morgan fingerprint density at radius 1 is 1.04 bits per heavy atom. The van der Waals surface area contributed by atoms with Crippen LogP contribution in [0.3, 0.4) is 0 Å². The maximum atomic E-state index is 12.5. The average Bonchev–Trinajstić information content (AvgIpc) is 2.93. The number of fused-ring (bicyclic) bond motifs is 2. The van der Waals surface area contributed by atoms with Gasteiger partial charge in [0, 0.05) is 12.6 Å². The number of hydrogen-bond donors (Lipinski definition) is 1. The molecule has 1 saturated carbocycles. The van der Waals surface area contributed by atoms with Crippen molar-refractivity contribution < 1.29 is 13.8 Å². The second kappa shape index (κ2) is 7.42. The number of benzene rings is 1. The van der Waals surface area contributed by atoms with Crippen LogP contribution in [0.5, 0.6) is 0 Å². The first-order valence-electron chi connectivity index (χ1n) is 9.33. The first kappa shape index (κ1) is 17.6. The van der Waals surface area contributed by atoms with Crippen molar-refractivity contribution in [2.24, 2.45) is 5.92 Å². The number of carbonyl (C=O) groups excluding carboxylic acids is 2. The van der Waals surface area contributed by atoms with E-state index in [4.69, 9.17) is 0 Å². The maximum absolute atomic E-state index is 12.5. The summed E-state index contributed by atoms with van der Waals surface area (Å²) in [6.45, 7) is 0.895. The molecule has 1 N–H and O–H groups in total. The minimum absolute atomic E-state index is 0.0325. The lowest BCUT2D eigenvalue weighted by Crippen LogP contribution is -2.55. The number of imide groups is 1. The van der Waals surface area contributed by atoms with Crippen molar-refractivity contribution >= 4 is 28.2 Å². The maximum Gasteiger partial charge on any atom is 0.262 e. The standard InChI is InChI=1S/C19H23N3O3S/c23-17-14-8-2-3-9-15(14)18(24)22(17)12-20-19(26-25)21-11-5-7-13-6-1-4-10-16(13)21/h2-3,8-9,13,16,20H,1,4-7,10-12H2. The Bertz CT molecular complexity index is 753. The quantitative estimate of drug-likeness (QED) is 0.632. The van der Waals surface area contributed by atoms with Crippen LogP contribution in [0.2, 0.25) is 0 Å². The number of hydrogen-bond acceptors (Lipinski definition) is 3. The number of piperidine rings is 1. The second-order valence-corrected chi connectivity index (χ2v) is 7.81. The highest BCUT2D eigenvalue weighted by Gasteiger charge is 2.37. The highest BCUT2D eigenvalue weighted by molar-refractivity contribution is 7.66. The van der Waals surface area contributed by atoms with Crippen LogP contribution in [-0.2, 0) is 11.3 Å². The molecule has 0 spiro atoms. The van der Waals surface area contributed by atoms with Crippen molar-refractivity contribution in [3.05, 3.63) is 35.4 Å². The Hall–Kier alpha value is -1.83. The molecule has 2 atom stereocenters. The Morgan fingerprint density at radius 3 is 2.38 bits per heavy atom. The molecule has 0 bridgehead atoms. The van der Waals surface area contributed by atoms with Gasteiger partial charge in [-0.3, -0.25) is 19.4 Å². The number of nitrogens with zero attached hydrogens (tertiary/aromatic N) is 2. The third kappa shape index (κ3) is 3.04. The number of carbonyl (C=O) groups is 2. The van der Waals surface area contributed by atoms with Crippen LogP contribution >= 0.6 is 0 Å². The van der Waals surface area contributed by atoms with Crippen LogP contribution < -0.4 is 5.32 Å². The van der Waals surface area contributed by atoms with Crippen molar-refractivity contribution in [1.29, 1.82) is 0 Å². The third-order valence-corrected chi connectivity index (χ3v) is 6.39. The molecule has 2 unspecified atom stereocenters. The summed E-state index contributed by atoms with van der Waals surface area (Å²) in [6.07, 6.45) is 7.14. The minimum atomic E-state index is -0.303. The van der Waals surface area contributed by atoms with Crippen molar-refractivity contribution in [3.8, 4) is 0 Å². The summed E-state index contributed by atoms with van der Waals surface area (Å²) in [4.78, 5) is 28.3. The molecule has 6 nitrogen and oxygen atoms in total. The van der Waals surface area contributed by atoms with Gasteiger partial charge < -0.3 is 0 Å². The molecular formula is C19H23N3O3S. The third-order valence-electron chi connectivity index (χ3n) is 5.85. The lowest BCUT2D eigenvalue weighted by molar-refractivity contribution is 0.0645. The fourth-order valence-electron chi connectivity index (χ4n) is 4.59. The van der Waals surface area contributed by atoms with Crippen LogP contribution in [-0.4, -0.2) is 50.2 Å². The van der Waals surface area contributed by atoms with Crippen molar-refractivity contribution in [2.45, 2.75) is 44.6 Å². The van der Waals surface area contributed by atoms with Gasteiger partial charge in [0.25, 0.3) is 11.8 Å². The van der Waals surface area contributed by atoms with Gasteiger partial charge in [-0.25, -0.2) is 9.53 Å². The van der Waals surface area contributed by atoms with Crippen LogP contribution in [0.15, 0.2) is 24.3 Å². The molecule has 2 heterocycles. The predicted molar refractivity (Wildman–Crippen MR) is 99.8 cm³/mol. The number of rotatable bonds is 2. The van der Waals surface area contributed by atoms with E-state index in [2.05, 4.69) is 10.2 Å². The van der Waals surface area contributed by atoms with E-state index in [1.165, 1.54) is 30.6 Å². The molecule has 4 rings (SSSR count). The normalized spacial score (nSPS) is 25.8. The van der Waals surface area contributed by atoms with Crippen LogP contribution in [0.1, 0.15) is 59.2 Å². The molecule has 26 heavy (non-hydrogen) atoms. The smallest absolute Gasteiger partial charge is 0.262 e. The molecule has 138 valence electrons. The predicted octanol–water partition coefficient (Wildman–Crippen LogP) is 1.78. The van der Waals surface area contributed by atoms with Gasteiger partial charge in [-0.15, -0.1) is 0 Å². The van der Waals surface area contributed by atoms with Gasteiger partial charge in [0.1, 0.15) is 11.3 Å². The molecule has 1 saturated heterocycles. The largest absolute Gasteiger partial charge is 0.269 e. The Balaban J connectivity index is 1.46. The Labute approximate surface area is 156 Å². The average molecular weight is 373 g/mol. The molecule has 2 aliphatic heterocycles. The Kier molecular flexibility index (Phi) is 5.02. The summed E-state index contributed by atoms with van der Waals surface area (Å²) in [5.74, 6) is 0.0471. The summed E-state index contributed by atoms with van der Waals surface area (Å²) in [5, 5.41) is 3.63. The fourth-order valence-corrected chi connectivity index (χ4v) is 5.03.